The molecule has 0 aromatic rings. The zero-order valence-corrected chi connectivity index (χ0v) is 15.8. The monoisotopic (exact) mass is 392 g/mol. The summed E-state index contributed by atoms with van der Waals surface area (Å²) in [5.41, 5.74) is -1.13. The predicted octanol–water partition coefficient (Wildman–Crippen LogP) is -1.50. The summed E-state index contributed by atoms with van der Waals surface area (Å²) in [6.07, 6.45) is -6.37. The predicted molar refractivity (Wildman–Crippen MR) is 93.1 cm³/mol. The van der Waals surface area contributed by atoms with E-state index in [0.717, 1.165) is 6.92 Å². The van der Waals surface area contributed by atoms with Crippen LogP contribution in [0.1, 0.15) is 34.1 Å². The number of ether oxygens (including phenoxy) is 1. The third-order valence-electron chi connectivity index (χ3n) is 3.50. The number of esters is 1. The number of aliphatic hydroxyl groups excluding tert-OH is 4. The molecule has 5 atom stereocenters. The fraction of sp³-hybridized carbons (Fsp3) is 0.750. The average Bonchev–Trinajstić information content (AvgIpc) is 2.53. The second kappa shape index (κ2) is 10.3. The summed E-state index contributed by atoms with van der Waals surface area (Å²) in [5.74, 6) is -1.64. The summed E-state index contributed by atoms with van der Waals surface area (Å²) in [6.45, 7) is 8.36. The van der Waals surface area contributed by atoms with Gasteiger partial charge in [0.2, 0.25) is 11.9 Å². The molecule has 0 saturated carbocycles. The van der Waals surface area contributed by atoms with Crippen molar-refractivity contribution in [2.45, 2.75) is 70.1 Å². The molecule has 0 spiro atoms. The van der Waals surface area contributed by atoms with E-state index < -0.39 is 65.8 Å². The fourth-order valence-electron chi connectivity index (χ4n) is 2.21. The lowest BCUT2D eigenvalue weighted by Gasteiger charge is -2.31. The minimum absolute atomic E-state index is 0.272. The highest BCUT2D eigenvalue weighted by Crippen LogP contribution is 2.19. The molecule has 0 radical (unpaired) electrons. The molecule has 0 aliphatic rings. The Morgan fingerprint density at radius 1 is 1.22 bits per heavy atom. The van der Waals surface area contributed by atoms with E-state index in [1.807, 2.05) is 0 Å². The minimum atomic E-state index is -2.00. The van der Waals surface area contributed by atoms with E-state index in [1.165, 1.54) is 0 Å². The summed E-state index contributed by atoms with van der Waals surface area (Å²) in [5, 5.41) is 52.0. The molecule has 0 saturated heterocycles. The first-order valence-corrected chi connectivity index (χ1v) is 8.18. The van der Waals surface area contributed by atoms with E-state index >= 15 is 0 Å². The number of nitrogens with zero attached hydrogens (tertiary/aromatic N) is 1. The molecule has 0 aliphatic heterocycles. The van der Waals surface area contributed by atoms with Gasteiger partial charge in [-0.25, -0.2) is 4.79 Å². The molecule has 0 fully saturated rings. The van der Waals surface area contributed by atoms with Crippen LogP contribution in [0.4, 0.5) is 0 Å². The standard InChI is InChI=1S/C16H28N2O9/c1-8(15(24)27-16(3,4)5)6-10(18(25)26)12(17-9(2)20)14(23)13(22)11(21)7-19/h10-14,19,21-23H,1,6-7H2,2-5H3,(H,17,20)/t10-,11+,12+,13+,14+/m0/s1. The van der Waals surface area contributed by atoms with E-state index in [-0.39, 0.29) is 5.57 Å². The van der Waals surface area contributed by atoms with Crippen molar-refractivity contribution in [1.29, 1.82) is 0 Å². The number of nitrogens with one attached hydrogen (secondary N) is 1. The normalized spacial score (nSPS) is 17.2. The maximum atomic E-state index is 12.0. The Labute approximate surface area is 156 Å². The Kier molecular flexibility index (Phi) is 9.51. The Morgan fingerprint density at radius 3 is 2.11 bits per heavy atom. The Bertz CT molecular complexity index is 559. The van der Waals surface area contributed by atoms with Crippen molar-refractivity contribution < 1.29 is 39.7 Å². The van der Waals surface area contributed by atoms with E-state index in [4.69, 9.17) is 9.84 Å². The van der Waals surface area contributed by atoms with Gasteiger partial charge in [-0.1, -0.05) is 6.58 Å². The van der Waals surface area contributed by atoms with Crippen molar-refractivity contribution in [3.63, 3.8) is 0 Å². The van der Waals surface area contributed by atoms with Crippen LogP contribution < -0.4 is 5.32 Å². The molecule has 156 valence electrons. The number of hydrogen-bond acceptors (Lipinski definition) is 9. The van der Waals surface area contributed by atoms with Crippen LogP contribution in [-0.2, 0) is 14.3 Å². The van der Waals surface area contributed by atoms with Crippen LogP contribution in [-0.4, -0.2) is 79.8 Å². The molecular formula is C16H28N2O9. The van der Waals surface area contributed by atoms with Gasteiger partial charge < -0.3 is 30.5 Å². The van der Waals surface area contributed by atoms with Gasteiger partial charge in [0.1, 0.15) is 30.0 Å². The smallest absolute Gasteiger partial charge is 0.334 e. The third-order valence-corrected chi connectivity index (χ3v) is 3.50. The SMILES string of the molecule is C=C(C[C@@H]([C@@H](NC(C)=O)[C@@H](O)[C@H](O)[C@H](O)CO)[N+](=O)[O-])C(=O)OC(C)(C)C. The number of nitro groups is 1. The molecule has 27 heavy (non-hydrogen) atoms. The second-order valence-electron chi connectivity index (χ2n) is 7.12. The van der Waals surface area contributed by atoms with Crippen molar-refractivity contribution in [1.82, 2.24) is 5.32 Å². The molecule has 0 unspecified atom stereocenters. The van der Waals surface area contributed by atoms with Crippen LogP contribution in [0.25, 0.3) is 0 Å². The van der Waals surface area contributed by atoms with Crippen LogP contribution in [0.5, 0.6) is 0 Å². The molecule has 1 amide bonds. The van der Waals surface area contributed by atoms with Gasteiger partial charge in [-0.3, -0.25) is 14.9 Å². The summed E-state index contributed by atoms with van der Waals surface area (Å²) in [4.78, 5) is 34.0. The summed E-state index contributed by atoms with van der Waals surface area (Å²) in [7, 11) is 0. The lowest BCUT2D eigenvalue weighted by Crippen LogP contribution is -2.59. The molecule has 11 nitrogen and oxygen atoms in total. The lowest BCUT2D eigenvalue weighted by molar-refractivity contribution is -0.528. The van der Waals surface area contributed by atoms with E-state index in [9.17, 15) is 35.0 Å². The molecular weight excluding hydrogens is 364 g/mol. The largest absolute Gasteiger partial charge is 0.457 e. The molecule has 5 N–H and O–H groups in total. The van der Waals surface area contributed by atoms with E-state index in [2.05, 4.69) is 11.9 Å². The van der Waals surface area contributed by atoms with Gasteiger partial charge in [-0.05, 0) is 20.8 Å². The maximum absolute atomic E-state index is 12.0. The second-order valence-corrected chi connectivity index (χ2v) is 7.12. The van der Waals surface area contributed by atoms with Crippen molar-refractivity contribution in [3.8, 4) is 0 Å². The summed E-state index contributed by atoms with van der Waals surface area (Å²) < 4.78 is 5.07. The van der Waals surface area contributed by atoms with Crippen LogP contribution in [0.3, 0.4) is 0 Å². The number of carbonyl (C=O) groups is 2. The average molecular weight is 392 g/mol. The van der Waals surface area contributed by atoms with Gasteiger partial charge >= 0.3 is 5.97 Å². The van der Waals surface area contributed by atoms with Crippen molar-refractivity contribution in [2.75, 3.05) is 6.61 Å². The topological polar surface area (TPSA) is 179 Å². The minimum Gasteiger partial charge on any atom is -0.457 e. The quantitative estimate of drug-likeness (QED) is 0.128. The molecule has 0 aliphatic carbocycles. The molecule has 0 rings (SSSR count). The lowest BCUT2D eigenvalue weighted by atomic mass is 9.91. The van der Waals surface area contributed by atoms with Crippen LogP contribution in [0.15, 0.2) is 12.2 Å². The molecule has 0 heterocycles. The Balaban J connectivity index is 5.58. The first-order chi connectivity index (χ1) is 12.2. The highest BCUT2D eigenvalue weighted by Gasteiger charge is 2.43. The van der Waals surface area contributed by atoms with Gasteiger partial charge in [0.15, 0.2) is 0 Å². The van der Waals surface area contributed by atoms with Gasteiger partial charge in [0.05, 0.1) is 6.61 Å². The number of carbonyl (C=O) groups excluding carboxylic acids is 2. The van der Waals surface area contributed by atoms with Crippen molar-refractivity contribution in [3.05, 3.63) is 22.3 Å². The summed E-state index contributed by atoms with van der Waals surface area (Å²) in [6, 6.07) is -3.43. The van der Waals surface area contributed by atoms with Crippen molar-refractivity contribution >= 4 is 11.9 Å². The first-order valence-electron chi connectivity index (χ1n) is 8.18. The fourth-order valence-corrected chi connectivity index (χ4v) is 2.21. The molecule has 11 heteroatoms. The van der Waals surface area contributed by atoms with Crippen LogP contribution >= 0.6 is 0 Å². The first kappa shape index (κ1) is 24.9. The highest BCUT2D eigenvalue weighted by molar-refractivity contribution is 5.88. The number of hydrogen-bond donors (Lipinski definition) is 5. The Hall–Kier alpha value is -2.08. The number of amides is 1. The maximum Gasteiger partial charge on any atom is 0.334 e. The van der Waals surface area contributed by atoms with Crippen molar-refractivity contribution in [2.24, 2.45) is 0 Å². The van der Waals surface area contributed by atoms with E-state index in [0.29, 0.717) is 0 Å². The Morgan fingerprint density at radius 2 is 1.74 bits per heavy atom. The van der Waals surface area contributed by atoms with Gasteiger partial charge in [0, 0.05) is 23.8 Å². The number of aliphatic hydroxyl groups is 4. The number of rotatable bonds is 10. The summed E-state index contributed by atoms with van der Waals surface area (Å²) >= 11 is 0. The zero-order valence-electron chi connectivity index (χ0n) is 15.8. The van der Waals surface area contributed by atoms with Crippen LogP contribution in [0, 0.1) is 10.1 Å². The molecule has 0 bridgehead atoms. The van der Waals surface area contributed by atoms with Gasteiger partial charge in [-0.2, -0.15) is 0 Å². The molecule has 0 aromatic carbocycles. The third kappa shape index (κ3) is 8.43. The van der Waals surface area contributed by atoms with E-state index in [1.54, 1.807) is 20.8 Å². The zero-order chi connectivity index (χ0) is 21.5. The molecule has 0 aromatic heterocycles. The van der Waals surface area contributed by atoms with Crippen LogP contribution in [0.2, 0.25) is 0 Å². The highest BCUT2D eigenvalue weighted by atomic mass is 16.6. The van der Waals surface area contributed by atoms with Gasteiger partial charge in [-0.15, -0.1) is 0 Å². The van der Waals surface area contributed by atoms with Gasteiger partial charge in [0.25, 0.3) is 0 Å².